The highest BCUT2D eigenvalue weighted by Gasteiger charge is 2.44. The van der Waals surface area contributed by atoms with Gasteiger partial charge in [-0.3, -0.25) is 9.88 Å². The van der Waals surface area contributed by atoms with Crippen molar-refractivity contribution in [2.45, 2.75) is 24.9 Å². The predicted octanol–water partition coefficient (Wildman–Crippen LogP) is 1.45. The van der Waals surface area contributed by atoms with Gasteiger partial charge in [-0.2, -0.15) is 0 Å². The van der Waals surface area contributed by atoms with Crippen molar-refractivity contribution < 1.29 is 0 Å². The third kappa shape index (κ3) is 1.31. The maximum absolute atomic E-state index is 4.32. The molecule has 0 saturated carbocycles. The summed E-state index contributed by atoms with van der Waals surface area (Å²) in [5.41, 5.74) is 3.23. The predicted molar refractivity (Wildman–Crippen MR) is 64.1 cm³/mol. The maximum Gasteiger partial charge on any atom is 0.0503 e. The molecule has 0 unspecified atom stereocenters. The molecule has 3 nitrogen and oxygen atoms in total. The molecule has 2 aliphatic rings. The number of fused-ring (bicyclic) bond motifs is 2. The number of aromatic nitrogens is 1. The van der Waals surface area contributed by atoms with Gasteiger partial charge in [0.15, 0.2) is 0 Å². The normalized spacial score (nSPS) is 24.9. The molecule has 3 heteroatoms. The molecule has 16 heavy (non-hydrogen) atoms. The summed E-state index contributed by atoms with van der Waals surface area (Å²) in [5, 5.41) is 0. The fourth-order valence-electron chi connectivity index (χ4n) is 3.23. The Morgan fingerprint density at radius 3 is 2.75 bits per heavy atom. The summed E-state index contributed by atoms with van der Waals surface area (Å²) in [4.78, 5) is 9.26. The van der Waals surface area contributed by atoms with E-state index in [1.165, 1.54) is 37.1 Å². The summed E-state index contributed by atoms with van der Waals surface area (Å²) in [5.74, 6) is 0. The van der Waals surface area contributed by atoms with Crippen molar-refractivity contribution in [2.75, 3.05) is 27.2 Å². The lowest BCUT2D eigenvalue weighted by molar-refractivity contribution is 0.0575. The molecule has 3 heterocycles. The molecular formula is C13H19N3. The second-order valence-electron chi connectivity index (χ2n) is 5.22. The first-order valence-electron chi connectivity index (χ1n) is 6.05. The Labute approximate surface area is 97.1 Å². The summed E-state index contributed by atoms with van der Waals surface area (Å²) in [6.07, 6.45) is 6.47. The average Bonchev–Trinajstić information content (AvgIpc) is 2.57. The van der Waals surface area contributed by atoms with Crippen molar-refractivity contribution in [2.24, 2.45) is 0 Å². The molecule has 1 saturated heterocycles. The first kappa shape index (κ1) is 10.2. The second kappa shape index (κ2) is 3.54. The van der Waals surface area contributed by atoms with Gasteiger partial charge in [-0.05, 0) is 57.2 Å². The molecule has 0 N–H and O–H groups in total. The molecule has 1 spiro atoms. The highest BCUT2D eigenvalue weighted by atomic mass is 15.2. The summed E-state index contributed by atoms with van der Waals surface area (Å²) >= 11 is 0. The molecule has 1 fully saturated rings. The van der Waals surface area contributed by atoms with E-state index in [9.17, 15) is 0 Å². The molecule has 0 radical (unpaired) electrons. The van der Waals surface area contributed by atoms with Crippen LogP contribution >= 0.6 is 0 Å². The molecule has 0 bridgehead atoms. The van der Waals surface area contributed by atoms with E-state index in [1.54, 1.807) is 0 Å². The molecule has 86 valence electrons. The van der Waals surface area contributed by atoms with E-state index in [0.29, 0.717) is 0 Å². The van der Waals surface area contributed by atoms with E-state index in [0.717, 1.165) is 6.54 Å². The van der Waals surface area contributed by atoms with Crippen molar-refractivity contribution in [3.05, 3.63) is 29.6 Å². The third-order valence-corrected chi connectivity index (χ3v) is 4.37. The van der Waals surface area contributed by atoms with Gasteiger partial charge in [0.25, 0.3) is 0 Å². The Hall–Kier alpha value is -0.930. The molecule has 0 aromatic carbocycles. The van der Waals surface area contributed by atoms with Crippen LogP contribution < -0.4 is 0 Å². The van der Waals surface area contributed by atoms with Crippen LogP contribution in [0.25, 0.3) is 0 Å². The zero-order valence-electron chi connectivity index (χ0n) is 10.1. The van der Waals surface area contributed by atoms with E-state index in [4.69, 9.17) is 0 Å². The van der Waals surface area contributed by atoms with Gasteiger partial charge >= 0.3 is 0 Å². The molecule has 2 aliphatic heterocycles. The lowest BCUT2D eigenvalue weighted by Gasteiger charge is -2.43. The van der Waals surface area contributed by atoms with Crippen LogP contribution in [0.15, 0.2) is 18.5 Å². The van der Waals surface area contributed by atoms with E-state index < -0.39 is 0 Å². The summed E-state index contributed by atoms with van der Waals surface area (Å²) in [6.45, 7) is 3.47. The molecular weight excluding hydrogens is 198 g/mol. The summed E-state index contributed by atoms with van der Waals surface area (Å²) in [7, 11) is 4.47. The van der Waals surface area contributed by atoms with Crippen LogP contribution in [0.5, 0.6) is 0 Å². The summed E-state index contributed by atoms with van der Waals surface area (Å²) in [6, 6.07) is 2.18. The Balaban J connectivity index is 2.01. The zero-order chi connectivity index (χ0) is 11.2. The second-order valence-corrected chi connectivity index (χ2v) is 5.22. The van der Waals surface area contributed by atoms with Crippen LogP contribution in [0.2, 0.25) is 0 Å². The van der Waals surface area contributed by atoms with Gasteiger partial charge in [-0.1, -0.05) is 0 Å². The molecule has 3 rings (SSSR count). The van der Waals surface area contributed by atoms with E-state index in [2.05, 4.69) is 41.1 Å². The Kier molecular flexibility index (Phi) is 2.26. The molecule has 1 aromatic rings. The van der Waals surface area contributed by atoms with Crippen LogP contribution in [-0.4, -0.2) is 42.0 Å². The van der Waals surface area contributed by atoms with Crippen molar-refractivity contribution in [1.82, 2.24) is 14.8 Å². The minimum Gasteiger partial charge on any atom is -0.306 e. The quantitative estimate of drug-likeness (QED) is 0.655. The number of hydrogen-bond donors (Lipinski definition) is 0. The average molecular weight is 217 g/mol. The Morgan fingerprint density at radius 1 is 1.25 bits per heavy atom. The fraction of sp³-hybridized carbons (Fsp3) is 0.615. The molecule has 0 aliphatic carbocycles. The van der Waals surface area contributed by atoms with Crippen LogP contribution in [0.3, 0.4) is 0 Å². The number of nitrogens with zero attached hydrogens (tertiary/aromatic N) is 3. The highest BCUT2D eigenvalue weighted by Crippen LogP contribution is 2.44. The smallest absolute Gasteiger partial charge is 0.0503 e. The van der Waals surface area contributed by atoms with Gasteiger partial charge in [0.1, 0.15) is 0 Å². The number of likely N-dealkylation sites (tertiary alicyclic amines) is 1. The highest BCUT2D eigenvalue weighted by molar-refractivity contribution is 5.36. The largest absolute Gasteiger partial charge is 0.306 e. The van der Waals surface area contributed by atoms with Gasteiger partial charge in [0.05, 0.1) is 5.54 Å². The lowest BCUT2D eigenvalue weighted by Crippen LogP contribution is -2.47. The maximum atomic E-state index is 4.32. The van der Waals surface area contributed by atoms with Gasteiger partial charge in [0.2, 0.25) is 0 Å². The van der Waals surface area contributed by atoms with Gasteiger partial charge in [-0.15, -0.1) is 0 Å². The fourth-order valence-corrected chi connectivity index (χ4v) is 3.23. The minimum atomic E-state index is 0.274. The molecule has 0 amide bonds. The van der Waals surface area contributed by atoms with Gasteiger partial charge in [-0.25, -0.2) is 0 Å². The van der Waals surface area contributed by atoms with Crippen molar-refractivity contribution in [1.29, 1.82) is 0 Å². The van der Waals surface area contributed by atoms with Crippen molar-refractivity contribution in [3.63, 3.8) is 0 Å². The number of hydrogen-bond acceptors (Lipinski definition) is 3. The number of rotatable bonds is 0. The Morgan fingerprint density at radius 2 is 2.00 bits per heavy atom. The monoisotopic (exact) mass is 217 g/mol. The first-order valence-corrected chi connectivity index (χ1v) is 6.05. The Bertz CT molecular complexity index is 394. The van der Waals surface area contributed by atoms with E-state index in [-0.39, 0.29) is 5.54 Å². The lowest BCUT2D eigenvalue weighted by atomic mass is 9.82. The van der Waals surface area contributed by atoms with E-state index in [1.807, 2.05) is 6.20 Å². The third-order valence-electron chi connectivity index (χ3n) is 4.37. The topological polar surface area (TPSA) is 19.4 Å². The standard InChI is InChI=1S/C13H19N3/c1-15-7-4-13(5-8-15)12-9-14-6-3-11(12)10-16(13)2/h3,6,9H,4-5,7-8,10H2,1-2H3. The van der Waals surface area contributed by atoms with Crippen LogP contribution in [0.1, 0.15) is 24.0 Å². The molecule has 1 aromatic heterocycles. The van der Waals surface area contributed by atoms with Crippen molar-refractivity contribution >= 4 is 0 Å². The number of piperidine rings is 1. The minimum absolute atomic E-state index is 0.274. The summed E-state index contributed by atoms with van der Waals surface area (Å²) < 4.78 is 0. The first-order chi connectivity index (χ1) is 7.72. The molecule has 0 atom stereocenters. The van der Waals surface area contributed by atoms with Gasteiger partial charge < -0.3 is 4.90 Å². The zero-order valence-corrected chi connectivity index (χ0v) is 10.1. The van der Waals surface area contributed by atoms with Crippen LogP contribution in [0, 0.1) is 0 Å². The number of pyridine rings is 1. The van der Waals surface area contributed by atoms with Gasteiger partial charge in [0, 0.05) is 18.9 Å². The SMILES string of the molecule is CN1CCC2(CC1)c1cnccc1CN2C. The van der Waals surface area contributed by atoms with Crippen molar-refractivity contribution in [3.8, 4) is 0 Å². The van der Waals surface area contributed by atoms with E-state index >= 15 is 0 Å². The van der Waals surface area contributed by atoms with Crippen LogP contribution in [0.4, 0.5) is 0 Å². The van der Waals surface area contributed by atoms with Crippen LogP contribution in [-0.2, 0) is 12.1 Å².